The summed E-state index contributed by atoms with van der Waals surface area (Å²) in [6.45, 7) is 4.83. The van der Waals surface area contributed by atoms with Crippen LogP contribution < -0.4 is 5.32 Å². The molecule has 0 bridgehead atoms. The number of fused-ring (bicyclic) bond motifs is 1. The summed E-state index contributed by atoms with van der Waals surface area (Å²) in [6.07, 6.45) is 3.12. The minimum Gasteiger partial charge on any atom is -0.360 e. The van der Waals surface area contributed by atoms with E-state index in [1.807, 2.05) is 30.3 Å². The van der Waals surface area contributed by atoms with E-state index in [-0.39, 0.29) is 23.4 Å². The summed E-state index contributed by atoms with van der Waals surface area (Å²) < 4.78 is 0. The molecule has 7 heteroatoms. The topological polar surface area (TPSA) is 89.3 Å². The zero-order valence-electron chi connectivity index (χ0n) is 17.5. The number of amides is 2. The standard InChI is InChI=1S/C23H25N5O2/c1-15(29)27(3)20-8-9-28(14-20)22(30)18-10-17-11-23(2,26-21(17)25-13-18)19-6-4-16(12-24)5-7-19/h4-7,10,13,20H,8-9,11,14H2,1-3H3,(H,25,26)/t20-,23?/m0/s1. The van der Waals surface area contributed by atoms with Crippen LogP contribution in [0.4, 0.5) is 5.82 Å². The molecule has 2 amide bonds. The van der Waals surface area contributed by atoms with Crippen LogP contribution in [0.3, 0.4) is 0 Å². The van der Waals surface area contributed by atoms with Crippen LogP contribution in [0.15, 0.2) is 36.5 Å². The van der Waals surface area contributed by atoms with E-state index in [1.165, 1.54) is 0 Å². The number of likely N-dealkylation sites (N-methyl/N-ethyl adjacent to an activating group) is 1. The molecule has 1 aromatic carbocycles. The van der Waals surface area contributed by atoms with Crippen LogP contribution in [0.2, 0.25) is 0 Å². The van der Waals surface area contributed by atoms with Gasteiger partial charge in [0, 0.05) is 39.7 Å². The normalized spacial score (nSPS) is 22.2. The van der Waals surface area contributed by atoms with Crippen molar-refractivity contribution in [1.82, 2.24) is 14.8 Å². The van der Waals surface area contributed by atoms with Crippen molar-refractivity contribution in [3.8, 4) is 6.07 Å². The van der Waals surface area contributed by atoms with Crippen LogP contribution in [0, 0.1) is 11.3 Å². The third kappa shape index (κ3) is 3.50. The van der Waals surface area contributed by atoms with Gasteiger partial charge in [0.05, 0.1) is 28.8 Å². The third-order valence-corrected chi connectivity index (χ3v) is 6.30. The van der Waals surface area contributed by atoms with E-state index in [2.05, 4.69) is 23.3 Å². The first kappa shape index (κ1) is 19.9. The Morgan fingerprint density at radius 2 is 2.07 bits per heavy atom. The molecule has 30 heavy (non-hydrogen) atoms. The molecule has 2 aliphatic rings. The zero-order valence-corrected chi connectivity index (χ0v) is 17.5. The average Bonchev–Trinajstić information content (AvgIpc) is 3.36. The number of hydrogen-bond acceptors (Lipinski definition) is 5. The number of aromatic nitrogens is 1. The quantitative estimate of drug-likeness (QED) is 0.851. The van der Waals surface area contributed by atoms with Gasteiger partial charge in [0.15, 0.2) is 0 Å². The summed E-state index contributed by atoms with van der Waals surface area (Å²) in [5, 5.41) is 12.5. The van der Waals surface area contributed by atoms with Crippen molar-refractivity contribution in [2.75, 3.05) is 25.5 Å². The van der Waals surface area contributed by atoms with Gasteiger partial charge < -0.3 is 15.1 Å². The first-order valence-corrected chi connectivity index (χ1v) is 10.1. The van der Waals surface area contributed by atoms with E-state index in [4.69, 9.17) is 5.26 Å². The Balaban J connectivity index is 1.50. The lowest BCUT2D eigenvalue weighted by Crippen LogP contribution is -2.38. The molecule has 1 unspecified atom stereocenters. The number of rotatable bonds is 3. The maximum Gasteiger partial charge on any atom is 0.255 e. The molecule has 2 atom stereocenters. The van der Waals surface area contributed by atoms with Crippen molar-refractivity contribution >= 4 is 17.6 Å². The molecule has 154 valence electrons. The van der Waals surface area contributed by atoms with Crippen molar-refractivity contribution < 1.29 is 9.59 Å². The second kappa shape index (κ2) is 7.45. The van der Waals surface area contributed by atoms with Crippen LogP contribution in [0.25, 0.3) is 0 Å². The monoisotopic (exact) mass is 403 g/mol. The molecule has 0 saturated carbocycles. The number of pyridine rings is 1. The van der Waals surface area contributed by atoms with Gasteiger partial charge >= 0.3 is 0 Å². The molecular weight excluding hydrogens is 378 g/mol. The maximum absolute atomic E-state index is 13.0. The highest BCUT2D eigenvalue weighted by atomic mass is 16.2. The number of nitriles is 1. The number of carbonyl (C=O) groups is 2. The molecule has 1 N–H and O–H groups in total. The lowest BCUT2D eigenvalue weighted by atomic mass is 9.88. The molecule has 3 heterocycles. The average molecular weight is 403 g/mol. The van der Waals surface area contributed by atoms with Crippen LogP contribution in [-0.4, -0.2) is 52.8 Å². The second-order valence-corrected chi connectivity index (χ2v) is 8.38. The van der Waals surface area contributed by atoms with Gasteiger partial charge in [0.25, 0.3) is 5.91 Å². The van der Waals surface area contributed by atoms with Gasteiger partial charge in [0.1, 0.15) is 5.82 Å². The number of carbonyl (C=O) groups excluding carboxylic acids is 2. The number of likely N-dealkylation sites (tertiary alicyclic amines) is 1. The molecular formula is C23H25N5O2. The number of benzene rings is 1. The molecule has 2 aliphatic heterocycles. The molecule has 0 spiro atoms. The molecule has 4 rings (SSSR count). The fourth-order valence-electron chi connectivity index (χ4n) is 4.33. The number of nitrogens with one attached hydrogen (secondary N) is 1. The van der Waals surface area contributed by atoms with Gasteiger partial charge in [-0.15, -0.1) is 0 Å². The number of nitrogens with zero attached hydrogens (tertiary/aromatic N) is 4. The van der Waals surface area contributed by atoms with Gasteiger partial charge in [-0.25, -0.2) is 4.98 Å². The SMILES string of the molecule is CC(=O)N(C)[C@H]1CCN(C(=O)c2cnc3c(c2)CC(C)(c2ccc(C#N)cc2)N3)C1. The summed E-state index contributed by atoms with van der Waals surface area (Å²) >= 11 is 0. The minimum absolute atomic E-state index is 0.0154. The molecule has 7 nitrogen and oxygen atoms in total. The van der Waals surface area contributed by atoms with Crippen molar-refractivity contribution in [3.05, 3.63) is 58.8 Å². The minimum atomic E-state index is -0.339. The highest BCUT2D eigenvalue weighted by Crippen LogP contribution is 2.38. The van der Waals surface area contributed by atoms with Gasteiger partial charge in [-0.3, -0.25) is 9.59 Å². The fraction of sp³-hybridized carbons (Fsp3) is 0.391. The van der Waals surface area contributed by atoms with E-state index in [1.54, 1.807) is 30.0 Å². The highest BCUT2D eigenvalue weighted by Gasteiger charge is 2.36. The Labute approximate surface area is 176 Å². The third-order valence-electron chi connectivity index (χ3n) is 6.30. The molecule has 0 aliphatic carbocycles. The van der Waals surface area contributed by atoms with E-state index < -0.39 is 0 Å². The highest BCUT2D eigenvalue weighted by molar-refractivity contribution is 5.95. The van der Waals surface area contributed by atoms with Crippen molar-refractivity contribution in [3.63, 3.8) is 0 Å². The lowest BCUT2D eigenvalue weighted by molar-refractivity contribution is -0.129. The summed E-state index contributed by atoms with van der Waals surface area (Å²) in [4.78, 5) is 32.7. The number of anilines is 1. The van der Waals surface area contributed by atoms with Crippen LogP contribution in [-0.2, 0) is 16.8 Å². The second-order valence-electron chi connectivity index (χ2n) is 8.38. The fourth-order valence-corrected chi connectivity index (χ4v) is 4.33. The number of hydrogen-bond donors (Lipinski definition) is 1. The van der Waals surface area contributed by atoms with Gasteiger partial charge in [-0.2, -0.15) is 5.26 Å². The van der Waals surface area contributed by atoms with Crippen LogP contribution in [0.5, 0.6) is 0 Å². The van der Waals surface area contributed by atoms with Gasteiger partial charge in [-0.05, 0) is 42.7 Å². The van der Waals surface area contributed by atoms with Gasteiger partial charge in [-0.1, -0.05) is 12.1 Å². The molecule has 1 fully saturated rings. The first-order chi connectivity index (χ1) is 14.3. The van der Waals surface area contributed by atoms with Crippen molar-refractivity contribution in [2.45, 2.75) is 38.3 Å². The summed E-state index contributed by atoms with van der Waals surface area (Å²) in [5.41, 5.74) is 2.94. The Morgan fingerprint density at radius 1 is 1.33 bits per heavy atom. The predicted molar refractivity (Wildman–Crippen MR) is 113 cm³/mol. The van der Waals surface area contributed by atoms with Crippen molar-refractivity contribution in [2.24, 2.45) is 0 Å². The largest absolute Gasteiger partial charge is 0.360 e. The van der Waals surface area contributed by atoms with Crippen LogP contribution >= 0.6 is 0 Å². The smallest absolute Gasteiger partial charge is 0.255 e. The van der Waals surface area contributed by atoms with E-state index in [0.717, 1.165) is 23.4 Å². The Hall–Kier alpha value is -3.40. The van der Waals surface area contributed by atoms with E-state index in [9.17, 15) is 9.59 Å². The summed E-state index contributed by atoms with van der Waals surface area (Å²) in [7, 11) is 1.79. The van der Waals surface area contributed by atoms with Crippen LogP contribution in [0.1, 0.15) is 47.3 Å². The Bertz CT molecular complexity index is 1040. The molecule has 1 aromatic heterocycles. The summed E-state index contributed by atoms with van der Waals surface area (Å²) in [5.74, 6) is 0.757. The predicted octanol–water partition coefficient (Wildman–Crippen LogP) is 2.53. The van der Waals surface area contributed by atoms with E-state index in [0.29, 0.717) is 30.6 Å². The molecule has 2 aromatic rings. The Kier molecular flexibility index (Phi) is 4.94. The van der Waals surface area contributed by atoms with Gasteiger partial charge in [0.2, 0.25) is 5.91 Å². The van der Waals surface area contributed by atoms with Crippen molar-refractivity contribution in [1.29, 1.82) is 5.26 Å². The lowest BCUT2D eigenvalue weighted by Gasteiger charge is -2.25. The maximum atomic E-state index is 13.0. The Morgan fingerprint density at radius 3 is 2.73 bits per heavy atom. The summed E-state index contributed by atoms with van der Waals surface area (Å²) in [6, 6.07) is 11.7. The zero-order chi connectivity index (χ0) is 21.5. The first-order valence-electron chi connectivity index (χ1n) is 10.1. The molecule has 0 radical (unpaired) electrons. The van der Waals surface area contributed by atoms with E-state index >= 15 is 0 Å². The molecule has 1 saturated heterocycles.